The first-order chi connectivity index (χ1) is 9.72. The van der Waals surface area contributed by atoms with E-state index in [0.29, 0.717) is 26.1 Å². The average Bonchev–Trinajstić information content (AvgIpc) is 2.65. The summed E-state index contributed by atoms with van der Waals surface area (Å²) < 4.78 is 22.2. The van der Waals surface area contributed by atoms with E-state index in [4.69, 9.17) is 18.8 Å². The summed E-state index contributed by atoms with van der Waals surface area (Å²) in [5.74, 6) is 1.61. The summed E-state index contributed by atoms with van der Waals surface area (Å²) in [6.07, 6.45) is 3.12. The molecular formula is C15H25BO5. The molecule has 0 aromatic heterocycles. The van der Waals surface area contributed by atoms with Crippen molar-refractivity contribution in [3.63, 3.8) is 0 Å². The van der Waals surface area contributed by atoms with Crippen LogP contribution >= 0.6 is 0 Å². The third-order valence-corrected chi connectivity index (χ3v) is 4.82. The fourth-order valence-corrected chi connectivity index (χ4v) is 2.61. The molecule has 2 aliphatic heterocycles. The number of carbonyl (C=O) groups excluding carboxylic acids is 1. The van der Waals surface area contributed by atoms with Gasteiger partial charge in [0.15, 0.2) is 0 Å². The van der Waals surface area contributed by atoms with E-state index in [9.17, 15) is 4.79 Å². The molecule has 0 bridgehead atoms. The van der Waals surface area contributed by atoms with E-state index in [1.807, 2.05) is 39.7 Å². The molecule has 5 nitrogen and oxygen atoms in total. The van der Waals surface area contributed by atoms with Crippen LogP contribution in [0.2, 0.25) is 0 Å². The molecule has 2 saturated heterocycles. The summed E-state index contributed by atoms with van der Waals surface area (Å²) in [4.78, 5) is 12.1. The quantitative estimate of drug-likeness (QED) is 0.590. The van der Waals surface area contributed by atoms with Crippen LogP contribution in [0.25, 0.3) is 0 Å². The molecule has 6 heteroatoms. The minimum Gasteiger partial charge on any atom is -0.468 e. The van der Waals surface area contributed by atoms with Crippen LogP contribution < -0.4 is 0 Å². The van der Waals surface area contributed by atoms with Crippen LogP contribution in [0, 0.1) is 5.41 Å². The largest absolute Gasteiger partial charge is 0.486 e. The van der Waals surface area contributed by atoms with Crippen LogP contribution in [0.4, 0.5) is 0 Å². The molecule has 0 radical (unpaired) electrons. The van der Waals surface area contributed by atoms with Crippen molar-refractivity contribution in [2.45, 2.75) is 51.7 Å². The summed E-state index contributed by atoms with van der Waals surface area (Å²) in [6, 6.07) is 0. The topological polar surface area (TPSA) is 54.0 Å². The Hall–Kier alpha value is -0.845. The average molecular weight is 296 g/mol. The van der Waals surface area contributed by atoms with Gasteiger partial charge in [-0.2, -0.15) is 0 Å². The van der Waals surface area contributed by atoms with Gasteiger partial charge in [0.1, 0.15) is 0 Å². The molecule has 0 amide bonds. The van der Waals surface area contributed by atoms with Crippen LogP contribution in [-0.2, 0) is 23.6 Å². The molecule has 0 saturated carbocycles. The third kappa shape index (κ3) is 3.17. The van der Waals surface area contributed by atoms with Gasteiger partial charge in [-0.15, -0.1) is 0 Å². The molecule has 0 aliphatic carbocycles. The zero-order valence-electron chi connectivity index (χ0n) is 13.6. The molecule has 0 N–H and O–H groups in total. The van der Waals surface area contributed by atoms with Crippen LogP contribution in [-0.4, -0.2) is 44.6 Å². The fraction of sp³-hybridized carbons (Fsp3) is 0.800. The van der Waals surface area contributed by atoms with E-state index >= 15 is 0 Å². The van der Waals surface area contributed by atoms with Gasteiger partial charge in [0.2, 0.25) is 0 Å². The van der Waals surface area contributed by atoms with Crippen molar-refractivity contribution in [2.75, 3.05) is 20.3 Å². The number of esters is 1. The smallest absolute Gasteiger partial charge is 0.468 e. The Bertz CT molecular complexity index is 408. The molecule has 0 aromatic rings. The Morgan fingerprint density at radius 2 is 1.62 bits per heavy atom. The second-order valence-electron chi connectivity index (χ2n) is 6.74. The normalized spacial score (nSPS) is 27.0. The highest BCUT2D eigenvalue weighted by molar-refractivity contribution is 6.51. The zero-order valence-corrected chi connectivity index (χ0v) is 13.6. The minimum atomic E-state index is -0.628. The highest BCUT2D eigenvalue weighted by Crippen LogP contribution is 2.38. The van der Waals surface area contributed by atoms with E-state index in [0.717, 1.165) is 0 Å². The maximum absolute atomic E-state index is 12.1. The first-order valence-electron chi connectivity index (χ1n) is 7.44. The highest BCUT2D eigenvalue weighted by Gasteiger charge is 2.50. The molecule has 0 spiro atoms. The van der Waals surface area contributed by atoms with Crippen LogP contribution in [0.5, 0.6) is 0 Å². The first-order valence-corrected chi connectivity index (χ1v) is 7.44. The van der Waals surface area contributed by atoms with E-state index in [1.54, 1.807) is 0 Å². The monoisotopic (exact) mass is 296 g/mol. The Labute approximate surface area is 127 Å². The molecule has 2 heterocycles. The molecule has 0 unspecified atom stereocenters. The van der Waals surface area contributed by atoms with Crippen LogP contribution in [0.15, 0.2) is 12.1 Å². The zero-order chi connectivity index (χ0) is 15.7. The summed E-state index contributed by atoms with van der Waals surface area (Å²) in [6.45, 7) is 9.14. The molecule has 118 valence electrons. The molecule has 2 fully saturated rings. The predicted molar refractivity (Wildman–Crippen MR) is 79.7 cm³/mol. The standard InChI is InChI=1S/C15H25BO5/c1-13(2)14(3,4)21-16(20-13)9-6-15(12(17)18-5)7-10-19-11-8-15/h6,9H,7-8,10-11H2,1-5H3/b9-6+. The molecule has 2 aliphatic rings. The van der Waals surface area contributed by atoms with Gasteiger partial charge in [0.05, 0.1) is 23.7 Å². The van der Waals surface area contributed by atoms with E-state index < -0.39 is 12.5 Å². The highest BCUT2D eigenvalue weighted by atomic mass is 16.7. The van der Waals surface area contributed by atoms with Crippen molar-refractivity contribution < 1.29 is 23.6 Å². The lowest BCUT2D eigenvalue weighted by molar-refractivity contribution is -0.154. The van der Waals surface area contributed by atoms with Gasteiger partial charge in [-0.3, -0.25) is 4.79 Å². The van der Waals surface area contributed by atoms with Gasteiger partial charge in [-0.05, 0) is 40.5 Å². The van der Waals surface area contributed by atoms with Gasteiger partial charge in [-0.25, -0.2) is 0 Å². The van der Waals surface area contributed by atoms with Crippen LogP contribution in [0.1, 0.15) is 40.5 Å². The van der Waals surface area contributed by atoms with E-state index in [-0.39, 0.29) is 17.2 Å². The molecule has 21 heavy (non-hydrogen) atoms. The number of ether oxygens (including phenoxy) is 2. The maximum atomic E-state index is 12.1. The molecule has 0 aromatic carbocycles. The van der Waals surface area contributed by atoms with Gasteiger partial charge in [-0.1, -0.05) is 12.1 Å². The summed E-state index contributed by atoms with van der Waals surface area (Å²) >= 11 is 0. The predicted octanol–water partition coefficient (Wildman–Crippen LogP) is 2.14. The number of hydrogen-bond donors (Lipinski definition) is 0. The van der Waals surface area contributed by atoms with Gasteiger partial charge < -0.3 is 18.8 Å². The first kappa shape index (κ1) is 16.5. The third-order valence-electron chi connectivity index (χ3n) is 4.82. The van der Waals surface area contributed by atoms with Gasteiger partial charge in [0, 0.05) is 13.2 Å². The number of rotatable bonds is 3. The van der Waals surface area contributed by atoms with E-state index in [2.05, 4.69) is 0 Å². The number of carbonyl (C=O) groups is 1. The van der Waals surface area contributed by atoms with Crippen molar-refractivity contribution in [1.29, 1.82) is 0 Å². The number of hydrogen-bond acceptors (Lipinski definition) is 5. The Morgan fingerprint density at radius 3 is 2.10 bits per heavy atom. The van der Waals surface area contributed by atoms with Crippen molar-refractivity contribution in [2.24, 2.45) is 5.41 Å². The van der Waals surface area contributed by atoms with Crippen molar-refractivity contribution in [3.05, 3.63) is 12.1 Å². The number of methoxy groups -OCH3 is 1. The summed E-state index contributed by atoms with van der Waals surface area (Å²) in [7, 11) is 0.974. The lowest BCUT2D eigenvalue weighted by atomic mass is 9.76. The Balaban J connectivity index is 2.13. The summed E-state index contributed by atoms with van der Waals surface area (Å²) in [5, 5.41) is 0. The van der Waals surface area contributed by atoms with Gasteiger partial charge in [0.25, 0.3) is 0 Å². The molecule has 2 rings (SSSR count). The molecule has 0 atom stereocenters. The minimum absolute atomic E-state index is 0.224. The second-order valence-corrected chi connectivity index (χ2v) is 6.74. The van der Waals surface area contributed by atoms with Gasteiger partial charge >= 0.3 is 13.1 Å². The summed E-state index contributed by atoms with van der Waals surface area (Å²) in [5.41, 5.74) is -1.39. The Morgan fingerprint density at radius 1 is 1.10 bits per heavy atom. The fourth-order valence-electron chi connectivity index (χ4n) is 2.61. The van der Waals surface area contributed by atoms with Crippen molar-refractivity contribution >= 4 is 13.1 Å². The maximum Gasteiger partial charge on any atom is 0.486 e. The lowest BCUT2D eigenvalue weighted by Crippen LogP contribution is -2.41. The van der Waals surface area contributed by atoms with Crippen LogP contribution in [0.3, 0.4) is 0 Å². The SMILES string of the molecule is COC(=O)C1(/C=C/B2OC(C)(C)C(C)(C)O2)CCOCC1. The van der Waals surface area contributed by atoms with E-state index in [1.165, 1.54) is 7.11 Å². The molecular weight excluding hydrogens is 271 g/mol. The van der Waals surface area contributed by atoms with Crippen molar-refractivity contribution in [1.82, 2.24) is 0 Å². The Kier molecular flexibility index (Phi) is 4.52. The second kappa shape index (κ2) is 5.74. The van der Waals surface area contributed by atoms with Crippen molar-refractivity contribution in [3.8, 4) is 0 Å². The lowest BCUT2D eigenvalue weighted by Gasteiger charge is -2.32.